The second kappa shape index (κ2) is 14.0. The number of amides is 2. The van der Waals surface area contributed by atoms with Crippen LogP contribution in [0.5, 0.6) is 0 Å². The van der Waals surface area contributed by atoms with E-state index in [4.69, 9.17) is 23.2 Å². The minimum absolute atomic E-state index is 0.00288. The van der Waals surface area contributed by atoms with E-state index < -0.39 is 28.5 Å². The van der Waals surface area contributed by atoms with Crippen LogP contribution >= 0.6 is 23.2 Å². The van der Waals surface area contributed by atoms with E-state index in [-0.39, 0.29) is 39.1 Å². The Bertz CT molecular complexity index is 1420. The van der Waals surface area contributed by atoms with Crippen molar-refractivity contribution in [3.8, 4) is 0 Å². The summed E-state index contributed by atoms with van der Waals surface area (Å²) in [5.41, 5.74) is 1.93. The van der Waals surface area contributed by atoms with Gasteiger partial charge in [0, 0.05) is 12.6 Å². The van der Waals surface area contributed by atoms with E-state index in [0.717, 1.165) is 21.9 Å². The lowest BCUT2D eigenvalue weighted by Crippen LogP contribution is -2.53. The van der Waals surface area contributed by atoms with Crippen LogP contribution < -0.4 is 9.62 Å². The van der Waals surface area contributed by atoms with E-state index in [1.165, 1.54) is 23.1 Å². The molecule has 3 aromatic carbocycles. The van der Waals surface area contributed by atoms with Crippen LogP contribution in [-0.2, 0) is 26.2 Å². The lowest BCUT2D eigenvalue weighted by Gasteiger charge is -2.34. The summed E-state index contributed by atoms with van der Waals surface area (Å²) in [7, 11) is -4.23. The standard InChI is InChI=1S/C30H35Cl2N3O4S/c1-5-22(4)33-30(37)26(6-2)34(19-23-17-15-21(3)16-18-23)28(36)20-35(27-14-10-13-25(31)29(27)32)40(38,39)24-11-8-7-9-12-24/h7-18,22,26H,5-6,19-20H2,1-4H3,(H,33,37). The topological polar surface area (TPSA) is 86.8 Å². The van der Waals surface area contributed by atoms with Crippen LogP contribution in [0.25, 0.3) is 0 Å². The number of nitrogens with zero attached hydrogens (tertiary/aromatic N) is 2. The monoisotopic (exact) mass is 603 g/mol. The Morgan fingerprint density at radius 1 is 0.900 bits per heavy atom. The second-order valence-electron chi connectivity index (χ2n) is 9.65. The average Bonchev–Trinajstić information content (AvgIpc) is 2.94. The molecule has 0 bridgehead atoms. The van der Waals surface area contributed by atoms with E-state index in [2.05, 4.69) is 5.32 Å². The summed E-state index contributed by atoms with van der Waals surface area (Å²) in [5.74, 6) is -0.849. The van der Waals surface area contributed by atoms with Crippen molar-refractivity contribution in [1.29, 1.82) is 0 Å². The van der Waals surface area contributed by atoms with Gasteiger partial charge in [-0.05, 0) is 56.5 Å². The van der Waals surface area contributed by atoms with Gasteiger partial charge in [0.15, 0.2) is 0 Å². The van der Waals surface area contributed by atoms with Crippen molar-refractivity contribution >= 4 is 50.7 Å². The molecule has 3 aromatic rings. The minimum Gasteiger partial charge on any atom is -0.352 e. The summed E-state index contributed by atoms with van der Waals surface area (Å²) in [5, 5.41) is 3.12. The Kier molecular flexibility index (Phi) is 11.0. The van der Waals surface area contributed by atoms with Crippen molar-refractivity contribution in [1.82, 2.24) is 10.2 Å². The zero-order chi connectivity index (χ0) is 29.4. The Balaban J connectivity index is 2.08. The highest BCUT2D eigenvalue weighted by molar-refractivity contribution is 7.92. The molecule has 40 heavy (non-hydrogen) atoms. The van der Waals surface area contributed by atoms with Crippen molar-refractivity contribution in [3.63, 3.8) is 0 Å². The first kappa shape index (κ1) is 31.5. The van der Waals surface area contributed by atoms with Crippen molar-refractivity contribution in [2.75, 3.05) is 10.8 Å². The van der Waals surface area contributed by atoms with Crippen molar-refractivity contribution in [2.24, 2.45) is 0 Å². The lowest BCUT2D eigenvalue weighted by atomic mass is 10.1. The molecule has 0 saturated heterocycles. The van der Waals surface area contributed by atoms with Crippen LogP contribution in [0.2, 0.25) is 10.0 Å². The molecule has 3 rings (SSSR count). The van der Waals surface area contributed by atoms with Gasteiger partial charge in [0.25, 0.3) is 10.0 Å². The smallest absolute Gasteiger partial charge is 0.264 e. The van der Waals surface area contributed by atoms with Gasteiger partial charge in [-0.25, -0.2) is 8.42 Å². The number of aryl methyl sites for hydroxylation is 1. The third-order valence-corrected chi connectivity index (χ3v) is 9.25. The Morgan fingerprint density at radius 3 is 2.15 bits per heavy atom. The summed E-state index contributed by atoms with van der Waals surface area (Å²) in [6.45, 7) is 7.17. The zero-order valence-corrected chi connectivity index (χ0v) is 25.4. The number of hydrogen-bond acceptors (Lipinski definition) is 4. The van der Waals surface area contributed by atoms with Crippen LogP contribution in [0.1, 0.15) is 44.7 Å². The molecule has 7 nitrogen and oxygen atoms in total. The number of anilines is 1. The molecule has 0 saturated carbocycles. The maximum absolute atomic E-state index is 14.1. The van der Waals surface area contributed by atoms with Crippen LogP contribution in [0.4, 0.5) is 5.69 Å². The Morgan fingerprint density at radius 2 is 1.55 bits per heavy atom. The maximum Gasteiger partial charge on any atom is 0.264 e. The van der Waals surface area contributed by atoms with E-state index in [1.54, 1.807) is 30.3 Å². The molecule has 2 unspecified atom stereocenters. The van der Waals surface area contributed by atoms with Crippen LogP contribution in [0.3, 0.4) is 0 Å². The lowest BCUT2D eigenvalue weighted by molar-refractivity contribution is -0.140. The predicted molar refractivity (Wildman–Crippen MR) is 161 cm³/mol. The highest BCUT2D eigenvalue weighted by atomic mass is 35.5. The maximum atomic E-state index is 14.1. The SMILES string of the molecule is CCC(C)NC(=O)C(CC)N(Cc1ccc(C)cc1)C(=O)CN(c1cccc(Cl)c1Cl)S(=O)(=O)c1ccccc1. The Labute approximate surface area is 247 Å². The van der Waals surface area contributed by atoms with Crippen molar-refractivity contribution in [3.05, 3.63) is 94.0 Å². The number of halogens is 2. The molecule has 0 aromatic heterocycles. The molecular weight excluding hydrogens is 569 g/mol. The third-order valence-electron chi connectivity index (χ3n) is 6.67. The summed E-state index contributed by atoms with van der Waals surface area (Å²) < 4.78 is 28.7. The van der Waals surface area contributed by atoms with Gasteiger partial charge >= 0.3 is 0 Å². The number of rotatable bonds is 12. The van der Waals surface area contributed by atoms with Crippen LogP contribution in [-0.4, -0.2) is 43.8 Å². The molecule has 0 aliphatic heterocycles. The van der Waals surface area contributed by atoms with Gasteiger partial charge in [0.2, 0.25) is 11.8 Å². The number of sulfonamides is 1. The second-order valence-corrected chi connectivity index (χ2v) is 12.3. The fraction of sp³-hybridized carbons (Fsp3) is 0.333. The molecule has 0 radical (unpaired) electrons. The summed E-state index contributed by atoms with van der Waals surface area (Å²) in [4.78, 5) is 28.9. The molecule has 214 valence electrons. The van der Waals surface area contributed by atoms with Gasteiger partial charge < -0.3 is 10.2 Å². The van der Waals surface area contributed by atoms with E-state index in [0.29, 0.717) is 6.42 Å². The molecule has 2 amide bonds. The number of carbonyl (C=O) groups excluding carboxylic acids is 2. The Hall–Kier alpha value is -3.07. The first-order valence-electron chi connectivity index (χ1n) is 13.2. The predicted octanol–water partition coefficient (Wildman–Crippen LogP) is 6.22. The van der Waals surface area contributed by atoms with Gasteiger partial charge in [-0.1, -0.05) is 91.1 Å². The number of nitrogens with one attached hydrogen (secondary N) is 1. The molecule has 0 fully saturated rings. The van der Waals surface area contributed by atoms with Crippen LogP contribution in [0.15, 0.2) is 77.7 Å². The summed E-state index contributed by atoms with van der Waals surface area (Å²) in [6.07, 6.45) is 1.06. The molecule has 1 N–H and O–H groups in total. The average molecular weight is 605 g/mol. The van der Waals surface area contributed by atoms with E-state index >= 15 is 0 Å². The minimum atomic E-state index is -4.23. The fourth-order valence-electron chi connectivity index (χ4n) is 4.17. The highest BCUT2D eigenvalue weighted by Crippen LogP contribution is 2.35. The van der Waals surface area contributed by atoms with Crippen LogP contribution in [0, 0.1) is 6.92 Å². The molecule has 0 aliphatic carbocycles. The van der Waals surface area contributed by atoms with Gasteiger partial charge in [0.05, 0.1) is 20.6 Å². The molecule has 10 heteroatoms. The third kappa shape index (κ3) is 7.56. The van der Waals surface area contributed by atoms with Gasteiger partial charge in [0.1, 0.15) is 12.6 Å². The molecule has 2 atom stereocenters. The van der Waals surface area contributed by atoms with Gasteiger partial charge in [-0.2, -0.15) is 0 Å². The summed E-state index contributed by atoms with van der Waals surface area (Å²) in [6, 6.07) is 19.1. The molecule has 0 spiro atoms. The normalized spacial score (nSPS) is 12.8. The molecule has 0 heterocycles. The van der Waals surface area contributed by atoms with E-state index in [1.807, 2.05) is 52.0 Å². The number of hydrogen-bond donors (Lipinski definition) is 1. The number of benzene rings is 3. The van der Waals surface area contributed by atoms with Gasteiger partial charge in [-0.15, -0.1) is 0 Å². The molecule has 0 aliphatic rings. The summed E-state index contributed by atoms with van der Waals surface area (Å²) >= 11 is 12.7. The first-order chi connectivity index (χ1) is 19.0. The van der Waals surface area contributed by atoms with E-state index in [9.17, 15) is 18.0 Å². The molecular formula is C30H35Cl2N3O4S. The van der Waals surface area contributed by atoms with Crippen molar-refractivity contribution < 1.29 is 18.0 Å². The fourth-order valence-corrected chi connectivity index (χ4v) is 6.06. The number of carbonyl (C=O) groups is 2. The zero-order valence-electron chi connectivity index (χ0n) is 23.1. The highest BCUT2D eigenvalue weighted by Gasteiger charge is 2.34. The van der Waals surface area contributed by atoms with Gasteiger partial charge in [-0.3, -0.25) is 13.9 Å². The van der Waals surface area contributed by atoms with Crippen molar-refractivity contribution in [2.45, 2.75) is 64.1 Å². The quantitative estimate of drug-likeness (QED) is 0.266. The first-order valence-corrected chi connectivity index (χ1v) is 15.4. The largest absolute Gasteiger partial charge is 0.352 e.